The predicted octanol–water partition coefficient (Wildman–Crippen LogP) is 4.82. The summed E-state index contributed by atoms with van der Waals surface area (Å²) < 4.78 is 17.3. The number of anilines is 1. The first kappa shape index (κ1) is 20.8. The van der Waals surface area contributed by atoms with E-state index in [1.807, 2.05) is 32.9 Å². The van der Waals surface area contributed by atoms with Gasteiger partial charge in [0.1, 0.15) is 11.4 Å². The molecule has 1 aromatic carbocycles. The van der Waals surface area contributed by atoms with Crippen molar-refractivity contribution < 1.29 is 18.7 Å². The van der Waals surface area contributed by atoms with Crippen LogP contribution in [0.15, 0.2) is 22.6 Å². The minimum atomic E-state index is -0.496. The summed E-state index contributed by atoms with van der Waals surface area (Å²) >= 11 is 6.02. The van der Waals surface area contributed by atoms with Crippen molar-refractivity contribution in [3.63, 3.8) is 0 Å². The summed E-state index contributed by atoms with van der Waals surface area (Å²) in [4.78, 5) is 12.0. The van der Waals surface area contributed by atoms with Crippen LogP contribution in [-0.4, -0.2) is 34.5 Å². The van der Waals surface area contributed by atoms with Crippen molar-refractivity contribution in [3.8, 4) is 5.75 Å². The predicted molar refractivity (Wildman–Crippen MR) is 112 cm³/mol. The molecule has 2 aromatic rings. The third kappa shape index (κ3) is 4.98. The van der Waals surface area contributed by atoms with Crippen molar-refractivity contribution in [1.29, 1.82) is 0 Å². The molecule has 1 aliphatic carbocycles. The summed E-state index contributed by atoms with van der Waals surface area (Å²) in [6.45, 7) is 6.10. The van der Waals surface area contributed by atoms with Crippen LogP contribution < -0.4 is 15.4 Å². The summed E-state index contributed by atoms with van der Waals surface area (Å²) in [5.74, 6) is 1.99. The number of aromatic nitrogens is 2. The molecule has 0 spiro atoms. The minimum absolute atomic E-state index is 0.104. The number of rotatable bonds is 3. The molecule has 4 rings (SSSR count). The number of amides is 1. The maximum absolute atomic E-state index is 12.0. The van der Waals surface area contributed by atoms with Crippen LogP contribution in [0.25, 0.3) is 0 Å². The van der Waals surface area contributed by atoms with Crippen molar-refractivity contribution >= 4 is 23.4 Å². The van der Waals surface area contributed by atoms with E-state index in [4.69, 9.17) is 25.5 Å². The lowest BCUT2D eigenvalue weighted by Gasteiger charge is -2.28. The molecule has 2 heterocycles. The van der Waals surface area contributed by atoms with E-state index in [1.54, 1.807) is 6.07 Å². The average Bonchev–Trinajstić information content (AvgIpc) is 3.17. The first-order chi connectivity index (χ1) is 14.3. The van der Waals surface area contributed by atoms with Gasteiger partial charge in [-0.05, 0) is 64.7 Å². The number of benzene rings is 1. The molecular formula is C21H27ClN4O4. The third-order valence-electron chi connectivity index (χ3n) is 5.22. The zero-order chi connectivity index (χ0) is 21.3. The Bertz CT molecular complexity index is 903. The van der Waals surface area contributed by atoms with Gasteiger partial charge in [-0.15, -0.1) is 10.2 Å². The van der Waals surface area contributed by atoms with Gasteiger partial charge < -0.3 is 24.5 Å². The van der Waals surface area contributed by atoms with Gasteiger partial charge in [-0.3, -0.25) is 0 Å². The fourth-order valence-corrected chi connectivity index (χ4v) is 3.95. The van der Waals surface area contributed by atoms with Gasteiger partial charge in [0.2, 0.25) is 5.89 Å². The first-order valence-electron chi connectivity index (χ1n) is 10.3. The van der Waals surface area contributed by atoms with E-state index in [2.05, 4.69) is 20.8 Å². The van der Waals surface area contributed by atoms with E-state index in [-0.39, 0.29) is 24.2 Å². The molecule has 1 unspecified atom stereocenters. The smallest absolute Gasteiger partial charge is 0.407 e. The normalized spacial score (nSPS) is 23.7. The highest BCUT2D eigenvalue weighted by atomic mass is 35.5. The fourth-order valence-electron chi connectivity index (χ4n) is 3.78. The van der Waals surface area contributed by atoms with E-state index < -0.39 is 5.60 Å². The molecule has 1 amide bonds. The van der Waals surface area contributed by atoms with Crippen LogP contribution in [0.1, 0.15) is 70.3 Å². The Hall–Kier alpha value is -2.48. The largest absolute Gasteiger partial charge is 0.477 e. The zero-order valence-electron chi connectivity index (χ0n) is 17.4. The molecule has 2 aliphatic rings. The van der Waals surface area contributed by atoms with E-state index in [0.717, 1.165) is 31.4 Å². The van der Waals surface area contributed by atoms with Gasteiger partial charge in [0, 0.05) is 17.0 Å². The van der Waals surface area contributed by atoms with Crippen molar-refractivity contribution in [2.75, 3.05) is 11.9 Å². The van der Waals surface area contributed by atoms with Gasteiger partial charge in [0.25, 0.3) is 5.89 Å². The second-order valence-electron chi connectivity index (χ2n) is 8.80. The number of carbonyl (C=O) groups is 1. The van der Waals surface area contributed by atoms with E-state index in [9.17, 15) is 4.79 Å². The van der Waals surface area contributed by atoms with Crippen LogP contribution in [0, 0.1) is 0 Å². The molecule has 1 aromatic heterocycles. The minimum Gasteiger partial charge on any atom is -0.477 e. The monoisotopic (exact) mass is 434 g/mol. The Morgan fingerprint density at radius 1 is 1.20 bits per heavy atom. The van der Waals surface area contributed by atoms with Gasteiger partial charge in [-0.2, -0.15) is 0 Å². The van der Waals surface area contributed by atoms with Gasteiger partial charge in [0.05, 0.1) is 12.2 Å². The summed E-state index contributed by atoms with van der Waals surface area (Å²) in [6.07, 6.45) is 2.72. The highest BCUT2D eigenvalue weighted by Crippen LogP contribution is 2.37. The van der Waals surface area contributed by atoms with Crippen LogP contribution in [0.2, 0.25) is 5.02 Å². The molecule has 1 saturated carbocycles. The highest BCUT2D eigenvalue weighted by molar-refractivity contribution is 6.30. The Balaban J connectivity index is 1.31. The van der Waals surface area contributed by atoms with Crippen molar-refractivity contribution in [2.24, 2.45) is 0 Å². The molecule has 1 atom stereocenters. The fraction of sp³-hybridized carbons (Fsp3) is 0.571. The molecule has 1 fully saturated rings. The number of nitrogens with zero attached hydrogens (tertiary/aromatic N) is 2. The first-order valence-corrected chi connectivity index (χ1v) is 10.7. The van der Waals surface area contributed by atoms with Gasteiger partial charge in [-0.25, -0.2) is 4.79 Å². The molecule has 0 radical (unpaired) electrons. The van der Waals surface area contributed by atoms with E-state index in [1.165, 1.54) is 0 Å². The van der Waals surface area contributed by atoms with Crippen molar-refractivity contribution in [1.82, 2.24) is 15.5 Å². The Labute approximate surface area is 180 Å². The number of hydrogen-bond acceptors (Lipinski definition) is 7. The van der Waals surface area contributed by atoms with Crippen LogP contribution in [-0.2, 0) is 4.74 Å². The van der Waals surface area contributed by atoms with Crippen LogP contribution >= 0.6 is 11.6 Å². The Morgan fingerprint density at radius 3 is 2.67 bits per heavy atom. The number of alkyl carbamates (subject to hydrolysis) is 1. The Kier molecular flexibility index (Phi) is 5.77. The molecule has 2 N–H and O–H groups in total. The lowest BCUT2D eigenvalue weighted by atomic mass is 9.86. The second kappa shape index (κ2) is 8.34. The summed E-state index contributed by atoms with van der Waals surface area (Å²) in [7, 11) is 0. The maximum Gasteiger partial charge on any atom is 0.407 e. The van der Waals surface area contributed by atoms with Crippen LogP contribution in [0.4, 0.5) is 10.5 Å². The average molecular weight is 435 g/mol. The zero-order valence-corrected chi connectivity index (χ0v) is 18.2. The molecular weight excluding hydrogens is 408 g/mol. The van der Waals surface area contributed by atoms with E-state index in [0.29, 0.717) is 29.1 Å². The quantitative estimate of drug-likeness (QED) is 0.714. The molecule has 30 heavy (non-hydrogen) atoms. The van der Waals surface area contributed by atoms with Crippen molar-refractivity contribution in [3.05, 3.63) is 35.0 Å². The summed E-state index contributed by atoms with van der Waals surface area (Å²) in [6, 6.07) is 5.55. The summed E-state index contributed by atoms with van der Waals surface area (Å²) in [5.41, 5.74) is 0.360. The Morgan fingerprint density at radius 2 is 1.93 bits per heavy atom. The standard InChI is InChI=1S/C21H27ClN4O4/c1-21(2,3)30-20(27)24-14-7-4-12(5-8-14)18-25-26-19(29-18)17-11-23-15-10-13(22)6-9-16(15)28-17/h6,9-10,12,14,17,23H,4-5,7-8,11H2,1-3H3,(H,24,27). The number of fused-ring (bicyclic) bond motifs is 1. The van der Waals surface area contributed by atoms with Crippen LogP contribution in [0.5, 0.6) is 5.75 Å². The van der Waals surface area contributed by atoms with Gasteiger partial charge >= 0.3 is 6.09 Å². The number of carbonyl (C=O) groups excluding carboxylic acids is 1. The SMILES string of the molecule is CC(C)(C)OC(=O)NC1CCC(c2nnc(C3CNc4cc(Cl)ccc4O3)o2)CC1. The maximum atomic E-state index is 12.0. The summed E-state index contributed by atoms with van der Waals surface area (Å²) in [5, 5.41) is 15.4. The number of nitrogens with one attached hydrogen (secondary N) is 2. The van der Waals surface area contributed by atoms with Gasteiger partial charge in [0.15, 0.2) is 6.10 Å². The molecule has 162 valence electrons. The molecule has 9 heteroatoms. The second-order valence-corrected chi connectivity index (χ2v) is 9.24. The highest BCUT2D eigenvalue weighted by Gasteiger charge is 2.31. The topological polar surface area (TPSA) is 98.5 Å². The van der Waals surface area contributed by atoms with Crippen molar-refractivity contribution in [2.45, 2.75) is 70.1 Å². The van der Waals surface area contributed by atoms with Crippen LogP contribution in [0.3, 0.4) is 0 Å². The molecule has 8 nitrogen and oxygen atoms in total. The molecule has 0 bridgehead atoms. The number of halogens is 1. The third-order valence-corrected chi connectivity index (χ3v) is 5.45. The van der Waals surface area contributed by atoms with Gasteiger partial charge in [-0.1, -0.05) is 11.6 Å². The number of hydrogen-bond donors (Lipinski definition) is 2. The number of ether oxygens (including phenoxy) is 2. The molecule has 0 saturated heterocycles. The lowest BCUT2D eigenvalue weighted by molar-refractivity contribution is 0.0490. The lowest BCUT2D eigenvalue weighted by Crippen LogP contribution is -2.40. The van der Waals surface area contributed by atoms with E-state index >= 15 is 0 Å². The molecule has 1 aliphatic heterocycles.